The predicted octanol–water partition coefficient (Wildman–Crippen LogP) is 4.27. The van der Waals surface area contributed by atoms with E-state index in [1.165, 1.54) is 0 Å². The van der Waals surface area contributed by atoms with E-state index < -0.39 is 6.10 Å². The van der Waals surface area contributed by atoms with Crippen molar-refractivity contribution in [3.8, 4) is 11.5 Å². The Kier molecular flexibility index (Phi) is 5.42. The van der Waals surface area contributed by atoms with Gasteiger partial charge in [-0.05, 0) is 24.4 Å². The number of para-hydroxylation sites is 1. The van der Waals surface area contributed by atoms with E-state index in [-0.39, 0.29) is 5.91 Å². The SMILES string of the molecule is COc1ccccc1CN(C)C(=O)[C@@H](C)Oc1cccc2ccccc12. The first kappa shape index (κ1) is 17.8. The molecule has 0 spiro atoms. The highest BCUT2D eigenvalue weighted by Crippen LogP contribution is 2.26. The van der Waals surface area contributed by atoms with Crippen LogP contribution in [-0.4, -0.2) is 31.1 Å². The molecular weight excluding hydrogens is 326 g/mol. The minimum atomic E-state index is -0.583. The van der Waals surface area contributed by atoms with Gasteiger partial charge in [-0.15, -0.1) is 0 Å². The van der Waals surface area contributed by atoms with E-state index in [4.69, 9.17) is 9.47 Å². The molecule has 0 saturated heterocycles. The van der Waals surface area contributed by atoms with E-state index in [1.54, 1.807) is 26.0 Å². The van der Waals surface area contributed by atoms with E-state index in [9.17, 15) is 4.79 Å². The van der Waals surface area contributed by atoms with Crippen LogP contribution in [0.2, 0.25) is 0 Å². The summed E-state index contributed by atoms with van der Waals surface area (Å²) in [6, 6.07) is 21.5. The molecule has 4 heteroatoms. The first-order valence-corrected chi connectivity index (χ1v) is 8.61. The van der Waals surface area contributed by atoms with Crippen molar-refractivity contribution in [2.45, 2.75) is 19.6 Å². The largest absolute Gasteiger partial charge is 0.496 e. The summed E-state index contributed by atoms with van der Waals surface area (Å²) in [7, 11) is 3.41. The maximum Gasteiger partial charge on any atom is 0.263 e. The highest BCUT2D eigenvalue weighted by molar-refractivity contribution is 5.89. The average Bonchev–Trinajstić information content (AvgIpc) is 2.68. The Bertz CT molecular complexity index is 901. The smallest absolute Gasteiger partial charge is 0.263 e. The lowest BCUT2D eigenvalue weighted by molar-refractivity contribution is -0.137. The third-order valence-electron chi connectivity index (χ3n) is 4.38. The van der Waals surface area contributed by atoms with Crippen molar-refractivity contribution in [1.82, 2.24) is 4.90 Å². The molecule has 0 aromatic heterocycles. The molecule has 26 heavy (non-hydrogen) atoms. The van der Waals surface area contributed by atoms with Crippen LogP contribution in [0.5, 0.6) is 11.5 Å². The fourth-order valence-corrected chi connectivity index (χ4v) is 3.02. The molecule has 0 fully saturated rings. The fourth-order valence-electron chi connectivity index (χ4n) is 3.02. The van der Waals surface area contributed by atoms with Gasteiger partial charge in [0.1, 0.15) is 11.5 Å². The number of carbonyl (C=O) groups excluding carboxylic acids is 1. The lowest BCUT2D eigenvalue weighted by atomic mass is 10.1. The molecule has 0 radical (unpaired) electrons. The number of likely N-dealkylation sites (N-methyl/N-ethyl adjacent to an activating group) is 1. The summed E-state index contributed by atoms with van der Waals surface area (Å²) in [5.41, 5.74) is 0.961. The quantitative estimate of drug-likeness (QED) is 0.667. The van der Waals surface area contributed by atoms with Gasteiger partial charge in [0.2, 0.25) is 0 Å². The fraction of sp³-hybridized carbons (Fsp3) is 0.227. The molecule has 0 N–H and O–H groups in total. The van der Waals surface area contributed by atoms with Crippen LogP contribution >= 0.6 is 0 Å². The molecule has 0 heterocycles. The summed E-state index contributed by atoms with van der Waals surface area (Å²) in [6.07, 6.45) is -0.583. The molecule has 0 aliphatic carbocycles. The highest BCUT2D eigenvalue weighted by atomic mass is 16.5. The third kappa shape index (κ3) is 3.80. The number of benzene rings is 3. The Morgan fingerprint density at radius 1 is 0.962 bits per heavy atom. The van der Waals surface area contributed by atoms with Crippen LogP contribution in [0.3, 0.4) is 0 Å². The van der Waals surface area contributed by atoms with Crippen molar-refractivity contribution in [2.75, 3.05) is 14.2 Å². The van der Waals surface area contributed by atoms with Crippen LogP contribution in [-0.2, 0) is 11.3 Å². The zero-order chi connectivity index (χ0) is 18.5. The van der Waals surface area contributed by atoms with Gasteiger partial charge in [-0.25, -0.2) is 0 Å². The van der Waals surface area contributed by atoms with Gasteiger partial charge < -0.3 is 14.4 Å². The van der Waals surface area contributed by atoms with E-state index >= 15 is 0 Å². The molecule has 0 aliphatic rings. The van der Waals surface area contributed by atoms with Crippen molar-refractivity contribution < 1.29 is 14.3 Å². The van der Waals surface area contributed by atoms with E-state index in [1.807, 2.05) is 66.7 Å². The number of amides is 1. The normalized spacial score (nSPS) is 11.8. The minimum absolute atomic E-state index is 0.0798. The molecular formula is C22H23NO3. The number of ether oxygens (including phenoxy) is 2. The van der Waals surface area contributed by atoms with Crippen LogP contribution in [0.15, 0.2) is 66.7 Å². The van der Waals surface area contributed by atoms with Crippen molar-refractivity contribution in [1.29, 1.82) is 0 Å². The molecule has 3 aromatic carbocycles. The standard InChI is InChI=1S/C22H23NO3/c1-16(26-21-14-8-11-17-9-4-6-12-19(17)21)22(24)23(2)15-18-10-5-7-13-20(18)25-3/h4-14,16H,15H2,1-3H3/t16-/m1/s1. The van der Waals surface area contributed by atoms with Crippen LogP contribution in [0.4, 0.5) is 0 Å². The maximum absolute atomic E-state index is 12.7. The Morgan fingerprint density at radius 3 is 2.42 bits per heavy atom. The van der Waals surface area contributed by atoms with Crippen LogP contribution in [0.25, 0.3) is 10.8 Å². The number of hydrogen-bond donors (Lipinski definition) is 0. The number of hydrogen-bond acceptors (Lipinski definition) is 3. The first-order valence-electron chi connectivity index (χ1n) is 8.61. The van der Waals surface area contributed by atoms with Gasteiger partial charge in [0.05, 0.1) is 7.11 Å². The molecule has 0 bridgehead atoms. The predicted molar refractivity (Wildman–Crippen MR) is 104 cm³/mol. The Labute approximate surface area is 154 Å². The number of rotatable bonds is 6. The molecule has 4 nitrogen and oxygen atoms in total. The van der Waals surface area contributed by atoms with Crippen LogP contribution in [0, 0.1) is 0 Å². The Hall–Kier alpha value is -3.01. The van der Waals surface area contributed by atoms with Crippen molar-refractivity contribution in [2.24, 2.45) is 0 Å². The molecule has 3 rings (SSSR count). The monoisotopic (exact) mass is 349 g/mol. The van der Waals surface area contributed by atoms with E-state index in [2.05, 4.69) is 0 Å². The third-order valence-corrected chi connectivity index (χ3v) is 4.38. The average molecular weight is 349 g/mol. The molecule has 0 unspecified atom stereocenters. The Balaban J connectivity index is 1.72. The maximum atomic E-state index is 12.7. The lowest BCUT2D eigenvalue weighted by Gasteiger charge is -2.23. The summed E-state index contributed by atoms with van der Waals surface area (Å²) in [5.74, 6) is 1.41. The number of fused-ring (bicyclic) bond motifs is 1. The molecule has 1 amide bonds. The first-order chi connectivity index (χ1) is 12.6. The van der Waals surface area contributed by atoms with Crippen molar-refractivity contribution in [3.63, 3.8) is 0 Å². The number of nitrogens with zero attached hydrogens (tertiary/aromatic N) is 1. The Morgan fingerprint density at radius 2 is 1.62 bits per heavy atom. The minimum Gasteiger partial charge on any atom is -0.496 e. The topological polar surface area (TPSA) is 38.8 Å². The van der Waals surface area contributed by atoms with Gasteiger partial charge in [-0.1, -0.05) is 54.6 Å². The molecule has 1 atom stereocenters. The van der Waals surface area contributed by atoms with E-state index in [0.717, 1.165) is 27.8 Å². The molecule has 0 aliphatic heterocycles. The van der Waals surface area contributed by atoms with Gasteiger partial charge in [0.15, 0.2) is 6.10 Å². The molecule has 3 aromatic rings. The van der Waals surface area contributed by atoms with Gasteiger partial charge in [0, 0.05) is 24.5 Å². The summed E-state index contributed by atoms with van der Waals surface area (Å²) in [6.45, 7) is 2.24. The second kappa shape index (κ2) is 7.91. The summed E-state index contributed by atoms with van der Waals surface area (Å²) in [5, 5.41) is 2.09. The van der Waals surface area contributed by atoms with Gasteiger partial charge in [-0.2, -0.15) is 0 Å². The van der Waals surface area contributed by atoms with Gasteiger partial charge in [0.25, 0.3) is 5.91 Å². The zero-order valence-corrected chi connectivity index (χ0v) is 15.3. The van der Waals surface area contributed by atoms with Gasteiger partial charge in [-0.3, -0.25) is 4.79 Å². The number of methoxy groups -OCH3 is 1. The molecule has 0 saturated carbocycles. The number of carbonyl (C=O) groups is 1. The second-order valence-electron chi connectivity index (χ2n) is 6.24. The van der Waals surface area contributed by atoms with Crippen LogP contribution < -0.4 is 9.47 Å². The van der Waals surface area contributed by atoms with Crippen molar-refractivity contribution >= 4 is 16.7 Å². The zero-order valence-electron chi connectivity index (χ0n) is 15.3. The van der Waals surface area contributed by atoms with Gasteiger partial charge >= 0.3 is 0 Å². The molecule has 134 valence electrons. The summed E-state index contributed by atoms with van der Waals surface area (Å²) < 4.78 is 11.3. The highest BCUT2D eigenvalue weighted by Gasteiger charge is 2.21. The summed E-state index contributed by atoms with van der Waals surface area (Å²) >= 11 is 0. The van der Waals surface area contributed by atoms with E-state index in [0.29, 0.717) is 6.54 Å². The second-order valence-corrected chi connectivity index (χ2v) is 6.24. The van der Waals surface area contributed by atoms with Crippen LogP contribution in [0.1, 0.15) is 12.5 Å². The lowest BCUT2D eigenvalue weighted by Crippen LogP contribution is -2.37. The van der Waals surface area contributed by atoms with Crippen molar-refractivity contribution in [3.05, 3.63) is 72.3 Å². The summed E-state index contributed by atoms with van der Waals surface area (Å²) in [4.78, 5) is 14.4.